The molecule has 3 heteroatoms. The first-order chi connectivity index (χ1) is 8.33. The molecule has 2 rings (SSSR count). The molecule has 0 aliphatic carbocycles. The topological polar surface area (TPSA) is 9.86 Å². The third-order valence-electron chi connectivity index (χ3n) is 3.11. The van der Waals surface area contributed by atoms with E-state index < -0.39 is 8.40 Å². The maximum atomic E-state index is 3.92. The van der Waals surface area contributed by atoms with Gasteiger partial charge in [0, 0.05) is 0 Å². The summed E-state index contributed by atoms with van der Waals surface area (Å²) >= 11 is 0. The lowest BCUT2D eigenvalue weighted by atomic mass is 10.7. The number of allylic oxidation sites excluding steroid dienone is 2. The highest BCUT2D eigenvalue weighted by atomic mass is 28.3. The van der Waals surface area contributed by atoms with Crippen molar-refractivity contribution in [2.75, 3.05) is 0 Å². The minimum absolute atomic E-state index is 1.00. The van der Waals surface area contributed by atoms with Gasteiger partial charge in [0.15, 0.2) is 0 Å². The fourth-order valence-corrected chi connectivity index (χ4v) is 5.98. The van der Waals surface area contributed by atoms with Crippen LogP contribution in [-0.2, 0) is 0 Å². The average molecular weight is 242 g/mol. The number of hydrogen-bond acceptors (Lipinski definition) is 0. The molecule has 0 aliphatic rings. The average Bonchev–Trinajstić information content (AvgIpc) is 3.02. The van der Waals surface area contributed by atoms with Gasteiger partial charge in [-0.05, 0) is 61.1 Å². The molecule has 0 atom stereocenters. The lowest BCUT2D eigenvalue weighted by molar-refractivity contribution is 0.972. The van der Waals surface area contributed by atoms with Crippen LogP contribution in [0.15, 0.2) is 74.4 Å². The van der Waals surface area contributed by atoms with E-state index in [0.29, 0.717) is 0 Å². The minimum atomic E-state index is -1.85. The molecule has 17 heavy (non-hydrogen) atoms. The van der Waals surface area contributed by atoms with Crippen molar-refractivity contribution < 1.29 is 0 Å². The summed E-state index contributed by atoms with van der Waals surface area (Å²) in [5.74, 6) is 0. The van der Waals surface area contributed by atoms with E-state index in [4.69, 9.17) is 0 Å². The van der Waals surface area contributed by atoms with Crippen LogP contribution >= 0.6 is 0 Å². The Hall–Kier alpha value is -1.74. The molecule has 0 aliphatic heterocycles. The molecule has 0 unspecified atom stereocenters. The van der Waals surface area contributed by atoms with E-state index >= 15 is 0 Å². The van der Waals surface area contributed by atoms with Gasteiger partial charge in [-0.15, -0.1) is 13.2 Å². The zero-order chi connectivity index (χ0) is 12.1. The SMILES string of the molecule is C=CC[Si](CC=C)(n1cccc1)n1cccc1. The van der Waals surface area contributed by atoms with E-state index in [1.807, 2.05) is 12.2 Å². The monoisotopic (exact) mass is 242 g/mol. The van der Waals surface area contributed by atoms with Crippen molar-refractivity contribution in [3.63, 3.8) is 0 Å². The molecule has 0 N–H and O–H groups in total. The van der Waals surface area contributed by atoms with E-state index in [1.165, 1.54) is 0 Å². The van der Waals surface area contributed by atoms with Crippen LogP contribution < -0.4 is 0 Å². The molecule has 2 aromatic heterocycles. The van der Waals surface area contributed by atoms with Gasteiger partial charge in [0.1, 0.15) is 0 Å². The zero-order valence-corrected chi connectivity index (χ0v) is 11.0. The molecule has 88 valence electrons. The molecule has 0 aromatic carbocycles. The Labute approximate surface area is 104 Å². The van der Waals surface area contributed by atoms with Crippen molar-refractivity contribution in [3.05, 3.63) is 74.4 Å². The van der Waals surface area contributed by atoms with Gasteiger partial charge in [0.25, 0.3) is 8.40 Å². The fraction of sp³-hybridized carbons (Fsp3) is 0.143. The first kappa shape index (κ1) is 11.7. The van der Waals surface area contributed by atoms with Gasteiger partial charge in [-0.25, -0.2) is 0 Å². The highest BCUT2D eigenvalue weighted by Gasteiger charge is 2.34. The molecular formula is C14H18N2Si. The Morgan fingerprint density at radius 1 is 0.765 bits per heavy atom. The lowest BCUT2D eigenvalue weighted by Crippen LogP contribution is -2.49. The van der Waals surface area contributed by atoms with Gasteiger partial charge < -0.3 is 8.47 Å². The van der Waals surface area contributed by atoms with Crippen molar-refractivity contribution in [1.29, 1.82) is 0 Å². The van der Waals surface area contributed by atoms with E-state index in [9.17, 15) is 0 Å². The Balaban J connectivity index is 2.53. The van der Waals surface area contributed by atoms with E-state index in [1.54, 1.807) is 0 Å². The van der Waals surface area contributed by atoms with E-state index in [-0.39, 0.29) is 0 Å². The van der Waals surface area contributed by atoms with Crippen molar-refractivity contribution >= 4 is 8.40 Å². The number of hydrogen-bond donors (Lipinski definition) is 0. The first-order valence-corrected chi connectivity index (χ1v) is 8.13. The number of nitrogens with zero attached hydrogens (tertiary/aromatic N) is 2. The first-order valence-electron chi connectivity index (χ1n) is 5.82. The van der Waals surface area contributed by atoms with Crippen molar-refractivity contribution in [2.24, 2.45) is 0 Å². The van der Waals surface area contributed by atoms with Crippen LogP contribution in [0.2, 0.25) is 12.1 Å². The summed E-state index contributed by atoms with van der Waals surface area (Å²) in [5, 5.41) is 0. The van der Waals surface area contributed by atoms with Gasteiger partial charge in [0.05, 0.1) is 0 Å². The number of rotatable bonds is 6. The van der Waals surface area contributed by atoms with Crippen molar-refractivity contribution in [3.8, 4) is 0 Å². The second-order valence-electron chi connectivity index (χ2n) is 4.15. The van der Waals surface area contributed by atoms with Crippen molar-refractivity contribution in [2.45, 2.75) is 12.1 Å². The molecule has 0 fully saturated rings. The molecule has 0 amide bonds. The third kappa shape index (κ3) is 2.06. The minimum Gasteiger partial charge on any atom is -0.362 e. The Morgan fingerprint density at radius 2 is 1.12 bits per heavy atom. The molecule has 2 aromatic rings. The smallest absolute Gasteiger partial charge is 0.279 e. The summed E-state index contributed by atoms with van der Waals surface area (Å²) in [6.45, 7) is 7.84. The van der Waals surface area contributed by atoms with Gasteiger partial charge in [-0.1, -0.05) is 12.2 Å². The summed E-state index contributed by atoms with van der Waals surface area (Å²) in [6, 6.07) is 10.3. The maximum Gasteiger partial charge on any atom is 0.279 e. The summed E-state index contributed by atoms with van der Waals surface area (Å²) < 4.78 is 4.72. The van der Waals surface area contributed by atoms with Gasteiger partial charge in [0.2, 0.25) is 0 Å². The van der Waals surface area contributed by atoms with Gasteiger partial charge >= 0.3 is 0 Å². The van der Waals surface area contributed by atoms with Crippen LogP contribution in [0.25, 0.3) is 0 Å². The molecular weight excluding hydrogens is 224 g/mol. The predicted molar refractivity (Wildman–Crippen MR) is 75.4 cm³/mol. The van der Waals surface area contributed by atoms with Crippen LogP contribution in [-0.4, -0.2) is 16.9 Å². The van der Waals surface area contributed by atoms with Crippen LogP contribution in [0.5, 0.6) is 0 Å². The van der Waals surface area contributed by atoms with Gasteiger partial charge in [-0.3, -0.25) is 0 Å². The van der Waals surface area contributed by atoms with Crippen LogP contribution in [0.4, 0.5) is 0 Å². The van der Waals surface area contributed by atoms with Crippen LogP contribution in [0.3, 0.4) is 0 Å². The molecule has 2 nitrogen and oxygen atoms in total. The standard InChI is InChI=1S/C14H18N2Si/c1-3-13-17(14-4-2,15-9-5-6-10-15)16-11-7-8-12-16/h3-12H,1-2,13-14H2. The largest absolute Gasteiger partial charge is 0.362 e. The van der Waals surface area contributed by atoms with Gasteiger partial charge in [-0.2, -0.15) is 0 Å². The second kappa shape index (κ2) is 5.06. The molecule has 2 heterocycles. The van der Waals surface area contributed by atoms with E-state index in [0.717, 1.165) is 12.1 Å². The summed E-state index contributed by atoms with van der Waals surface area (Å²) in [5.41, 5.74) is 0. The molecule has 0 spiro atoms. The molecule has 0 saturated carbocycles. The summed E-state index contributed by atoms with van der Waals surface area (Å²) in [4.78, 5) is 0. The van der Waals surface area contributed by atoms with Crippen molar-refractivity contribution in [1.82, 2.24) is 8.47 Å². The lowest BCUT2D eigenvalue weighted by Gasteiger charge is -2.32. The normalized spacial score (nSPS) is 11.3. The zero-order valence-electron chi connectivity index (χ0n) is 10.00. The second-order valence-corrected chi connectivity index (χ2v) is 7.96. The van der Waals surface area contributed by atoms with Crippen LogP contribution in [0.1, 0.15) is 0 Å². The highest BCUT2D eigenvalue weighted by molar-refractivity contribution is 6.77. The molecule has 0 bridgehead atoms. The molecule has 0 saturated heterocycles. The Bertz CT molecular complexity index is 422. The fourth-order valence-electron chi connectivity index (χ4n) is 2.32. The van der Waals surface area contributed by atoms with E-state index in [2.05, 4.69) is 70.7 Å². The van der Waals surface area contributed by atoms with Crippen LogP contribution in [0, 0.1) is 0 Å². The summed E-state index contributed by atoms with van der Waals surface area (Å²) in [6.07, 6.45) is 12.7. The predicted octanol–water partition coefficient (Wildman–Crippen LogP) is 3.50. The Morgan fingerprint density at radius 3 is 1.41 bits per heavy atom. The number of aromatic nitrogens is 2. The Kier molecular flexibility index (Phi) is 3.49. The summed E-state index contributed by atoms with van der Waals surface area (Å²) in [7, 11) is -1.85. The quantitative estimate of drug-likeness (QED) is 0.542. The third-order valence-corrected chi connectivity index (χ3v) is 7.52. The molecule has 0 radical (unpaired) electrons. The highest BCUT2D eigenvalue weighted by Crippen LogP contribution is 2.22. The maximum absolute atomic E-state index is 3.92.